The van der Waals surface area contributed by atoms with Gasteiger partial charge in [0.15, 0.2) is 0 Å². The van der Waals surface area contributed by atoms with E-state index in [1.807, 2.05) is 30.3 Å². The van der Waals surface area contributed by atoms with Crippen molar-refractivity contribution in [3.63, 3.8) is 0 Å². The van der Waals surface area contributed by atoms with E-state index in [1.54, 1.807) is 6.20 Å². The van der Waals surface area contributed by atoms with Crippen molar-refractivity contribution in [2.24, 2.45) is 0 Å². The highest BCUT2D eigenvalue weighted by atomic mass is 16.4. The van der Waals surface area contributed by atoms with Crippen molar-refractivity contribution < 1.29 is 9.90 Å². The molecule has 1 aromatic carbocycles. The standard InChI is InChI=1S/C16H19N3O2/c20-16(21)9-11-17-14-6-7-15(19-12-14)18-10-8-13-4-2-1-3-5-13/h1-7,12,17H,8-11H2,(H,18,19)(H,20,21). The predicted molar refractivity (Wildman–Crippen MR) is 83.6 cm³/mol. The second kappa shape index (κ2) is 7.89. The van der Waals surface area contributed by atoms with Crippen molar-refractivity contribution >= 4 is 17.5 Å². The summed E-state index contributed by atoms with van der Waals surface area (Å²) in [5, 5.41) is 14.8. The molecule has 1 heterocycles. The van der Waals surface area contributed by atoms with Gasteiger partial charge in [-0.05, 0) is 24.1 Å². The van der Waals surface area contributed by atoms with E-state index in [0.29, 0.717) is 6.54 Å². The molecule has 0 saturated carbocycles. The van der Waals surface area contributed by atoms with Gasteiger partial charge in [-0.15, -0.1) is 0 Å². The average molecular weight is 285 g/mol. The van der Waals surface area contributed by atoms with Gasteiger partial charge >= 0.3 is 5.97 Å². The molecule has 0 radical (unpaired) electrons. The van der Waals surface area contributed by atoms with Gasteiger partial charge in [0, 0.05) is 13.1 Å². The summed E-state index contributed by atoms with van der Waals surface area (Å²) >= 11 is 0. The van der Waals surface area contributed by atoms with E-state index in [2.05, 4.69) is 27.8 Å². The van der Waals surface area contributed by atoms with Crippen molar-refractivity contribution in [3.8, 4) is 0 Å². The van der Waals surface area contributed by atoms with E-state index in [9.17, 15) is 4.79 Å². The summed E-state index contributed by atoms with van der Waals surface area (Å²) in [5.41, 5.74) is 2.11. The predicted octanol–water partition coefficient (Wildman–Crippen LogP) is 2.62. The molecule has 0 saturated heterocycles. The van der Waals surface area contributed by atoms with E-state index in [4.69, 9.17) is 5.11 Å². The van der Waals surface area contributed by atoms with Gasteiger partial charge in [0.05, 0.1) is 18.3 Å². The van der Waals surface area contributed by atoms with Crippen LogP contribution in [0.25, 0.3) is 0 Å². The molecule has 0 unspecified atom stereocenters. The molecule has 5 heteroatoms. The fourth-order valence-electron chi connectivity index (χ4n) is 1.90. The average Bonchev–Trinajstić information content (AvgIpc) is 2.50. The lowest BCUT2D eigenvalue weighted by molar-refractivity contribution is -0.136. The summed E-state index contributed by atoms with van der Waals surface area (Å²) in [7, 11) is 0. The molecule has 0 bridgehead atoms. The minimum absolute atomic E-state index is 0.0943. The quantitative estimate of drug-likeness (QED) is 0.695. The number of hydrogen-bond donors (Lipinski definition) is 3. The van der Waals surface area contributed by atoms with Crippen LogP contribution in [0.15, 0.2) is 48.7 Å². The minimum Gasteiger partial charge on any atom is -0.481 e. The third kappa shape index (κ3) is 5.52. The van der Waals surface area contributed by atoms with Gasteiger partial charge in [-0.3, -0.25) is 4.79 Å². The monoisotopic (exact) mass is 285 g/mol. The molecule has 0 amide bonds. The lowest BCUT2D eigenvalue weighted by atomic mass is 10.1. The summed E-state index contributed by atoms with van der Waals surface area (Å²) < 4.78 is 0. The van der Waals surface area contributed by atoms with Crippen molar-refractivity contribution in [2.45, 2.75) is 12.8 Å². The maximum atomic E-state index is 10.4. The lowest BCUT2D eigenvalue weighted by Gasteiger charge is -2.08. The zero-order chi connectivity index (χ0) is 14.9. The van der Waals surface area contributed by atoms with E-state index >= 15 is 0 Å². The maximum absolute atomic E-state index is 10.4. The molecule has 0 aliphatic carbocycles. The highest BCUT2D eigenvalue weighted by Gasteiger charge is 1.98. The topological polar surface area (TPSA) is 74.2 Å². The van der Waals surface area contributed by atoms with E-state index in [0.717, 1.165) is 24.5 Å². The SMILES string of the molecule is O=C(O)CCNc1ccc(NCCc2ccccc2)nc1. The smallest absolute Gasteiger partial charge is 0.305 e. The number of anilines is 2. The molecule has 0 fully saturated rings. The van der Waals surface area contributed by atoms with Crippen molar-refractivity contribution in [3.05, 3.63) is 54.2 Å². The summed E-state index contributed by atoms with van der Waals surface area (Å²) in [6, 6.07) is 14.0. The van der Waals surface area contributed by atoms with Crippen molar-refractivity contribution in [1.82, 2.24) is 4.98 Å². The Balaban J connectivity index is 1.73. The molecular formula is C16H19N3O2. The van der Waals surface area contributed by atoms with Gasteiger partial charge in [0.2, 0.25) is 0 Å². The van der Waals surface area contributed by atoms with Gasteiger partial charge in [-0.2, -0.15) is 0 Å². The number of rotatable bonds is 8. The lowest BCUT2D eigenvalue weighted by Crippen LogP contribution is -2.09. The Bertz CT molecular complexity index is 555. The second-order valence-electron chi connectivity index (χ2n) is 4.67. The second-order valence-corrected chi connectivity index (χ2v) is 4.67. The number of aromatic nitrogens is 1. The molecule has 2 rings (SSSR count). The van der Waals surface area contributed by atoms with Crippen LogP contribution in [-0.2, 0) is 11.2 Å². The third-order valence-corrected chi connectivity index (χ3v) is 2.99. The summed E-state index contributed by atoms with van der Waals surface area (Å²) in [4.78, 5) is 14.7. The molecule has 0 aliphatic heterocycles. The first-order chi connectivity index (χ1) is 10.2. The first-order valence-corrected chi connectivity index (χ1v) is 6.93. The van der Waals surface area contributed by atoms with E-state index < -0.39 is 5.97 Å². The molecule has 3 N–H and O–H groups in total. The van der Waals surface area contributed by atoms with Crippen molar-refractivity contribution in [2.75, 3.05) is 23.7 Å². The van der Waals surface area contributed by atoms with Crippen LogP contribution in [0.1, 0.15) is 12.0 Å². The molecule has 0 spiro atoms. The number of aliphatic carboxylic acids is 1. The number of carbonyl (C=O) groups is 1. The number of benzene rings is 1. The first kappa shape index (κ1) is 14.8. The van der Waals surface area contributed by atoms with E-state index in [-0.39, 0.29) is 6.42 Å². The Morgan fingerprint density at radius 3 is 2.52 bits per heavy atom. The van der Waals surface area contributed by atoms with Crippen LogP contribution >= 0.6 is 0 Å². The van der Waals surface area contributed by atoms with Crippen LogP contribution in [0.5, 0.6) is 0 Å². The number of carboxylic acid groups (broad SMARTS) is 1. The van der Waals surface area contributed by atoms with Crippen LogP contribution < -0.4 is 10.6 Å². The molecule has 1 aromatic heterocycles. The minimum atomic E-state index is -0.811. The van der Waals surface area contributed by atoms with E-state index in [1.165, 1.54) is 5.56 Å². The number of pyridine rings is 1. The maximum Gasteiger partial charge on any atom is 0.305 e. The van der Waals surface area contributed by atoms with Gasteiger partial charge < -0.3 is 15.7 Å². The highest BCUT2D eigenvalue weighted by Crippen LogP contribution is 2.10. The first-order valence-electron chi connectivity index (χ1n) is 6.93. The molecule has 2 aromatic rings. The molecule has 110 valence electrons. The molecular weight excluding hydrogens is 266 g/mol. The fraction of sp³-hybridized carbons (Fsp3) is 0.250. The molecule has 5 nitrogen and oxygen atoms in total. The molecule has 21 heavy (non-hydrogen) atoms. The summed E-state index contributed by atoms with van der Waals surface area (Å²) in [6.07, 6.45) is 2.74. The van der Waals surface area contributed by atoms with Crippen LogP contribution in [-0.4, -0.2) is 29.1 Å². The molecule has 0 atom stereocenters. The zero-order valence-corrected chi connectivity index (χ0v) is 11.7. The number of nitrogens with one attached hydrogen (secondary N) is 2. The van der Waals surface area contributed by atoms with Crippen LogP contribution in [0, 0.1) is 0 Å². The van der Waals surface area contributed by atoms with Gasteiger partial charge in [-0.1, -0.05) is 30.3 Å². The fourth-order valence-corrected chi connectivity index (χ4v) is 1.90. The number of carboxylic acids is 1. The van der Waals surface area contributed by atoms with Crippen LogP contribution in [0.3, 0.4) is 0 Å². The zero-order valence-electron chi connectivity index (χ0n) is 11.7. The normalized spacial score (nSPS) is 10.1. The molecule has 0 aliphatic rings. The highest BCUT2D eigenvalue weighted by molar-refractivity contribution is 5.67. The van der Waals surface area contributed by atoms with Crippen molar-refractivity contribution in [1.29, 1.82) is 0 Å². The number of nitrogens with zero attached hydrogens (tertiary/aromatic N) is 1. The third-order valence-electron chi connectivity index (χ3n) is 2.99. The number of hydrogen-bond acceptors (Lipinski definition) is 4. The Kier molecular flexibility index (Phi) is 5.58. The Labute approximate surface area is 124 Å². The van der Waals surface area contributed by atoms with Gasteiger partial charge in [0.1, 0.15) is 5.82 Å². The Morgan fingerprint density at radius 1 is 1.05 bits per heavy atom. The van der Waals surface area contributed by atoms with Gasteiger partial charge in [0.25, 0.3) is 0 Å². The van der Waals surface area contributed by atoms with Crippen LogP contribution in [0.4, 0.5) is 11.5 Å². The van der Waals surface area contributed by atoms with Gasteiger partial charge in [-0.25, -0.2) is 4.98 Å². The Morgan fingerprint density at radius 2 is 1.86 bits per heavy atom. The summed E-state index contributed by atoms with van der Waals surface area (Å²) in [6.45, 7) is 1.22. The van der Waals surface area contributed by atoms with Crippen LogP contribution in [0.2, 0.25) is 0 Å². The summed E-state index contributed by atoms with van der Waals surface area (Å²) in [5.74, 6) is 0.00405. The Hall–Kier alpha value is -2.56. The largest absolute Gasteiger partial charge is 0.481 e.